The Morgan fingerprint density at radius 2 is 2.07 bits per heavy atom. The summed E-state index contributed by atoms with van der Waals surface area (Å²) in [6.45, 7) is 5.62. The monoisotopic (exact) mass is 223 g/mol. The quantitative estimate of drug-likeness (QED) is 0.483. The summed E-state index contributed by atoms with van der Waals surface area (Å²) in [6.07, 6.45) is 0. The minimum absolute atomic E-state index is 0.226. The maximum absolute atomic E-state index is 13.5. The molecule has 15 heavy (non-hydrogen) atoms. The normalized spacial score (nSPS) is 11.7. The number of halogens is 1. The van der Waals surface area contributed by atoms with Crippen molar-refractivity contribution in [1.82, 2.24) is 0 Å². The van der Waals surface area contributed by atoms with Crippen molar-refractivity contribution in [2.75, 3.05) is 11.5 Å². The summed E-state index contributed by atoms with van der Waals surface area (Å²) < 4.78 is 13.5. The molecule has 0 aliphatic rings. The first-order valence-corrected chi connectivity index (χ1v) is 5.75. The van der Waals surface area contributed by atoms with E-state index in [0.717, 1.165) is 5.56 Å². The predicted molar refractivity (Wildman–Crippen MR) is 66.1 cm³/mol. The second-order valence-electron chi connectivity index (χ2n) is 4.42. The molecule has 0 spiro atoms. The third-order valence-electron chi connectivity index (χ3n) is 1.92. The van der Waals surface area contributed by atoms with Gasteiger partial charge in [-0.05, 0) is 30.4 Å². The van der Waals surface area contributed by atoms with Crippen LogP contribution in [0, 0.1) is 12.7 Å². The number of aryl methyl sites for hydroxylation is 1. The lowest BCUT2D eigenvalue weighted by molar-refractivity contribution is 0.600. The number of anilines is 1. The van der Waals surface area contributed by atoms with Gasteiger partial charge in [-0.25, -0.2) is 4.39 Å². The highest BCUT2D eigenvalue weighted by molar-refractivity contribution is 7.99. The van der Waals surface area contributed by atoms with Crippen molar-refractivity contribution >= 4 is 25.3 Å². The average molecular weight is 223 g/mol. The predicted octanol–water partition coefficient (Wildman–Crippen LogP) is 3.18. The summed E-state index contributed by atoms with van der Waals surface area (Å²) >= 11 is 1.40. The second kappa shape index (κ2) is 4.48. The van der Waals surface area contributed by atoms with E-state index in [0.29, 0.717) is 16.3 Å². The minimum Gasteiger partial charge on any atom is -0.398 e. The van der Waals surface area contributed by atoms with Gasteiger partial charge in [0.25, 0.3) is 0 Å². The van der Waals surface area contributed by atoms with Crippen molar-refractivity contribution in [3.05, 3.63) is 23.5 Å². The molecular formula is C11H15BFNS. The molecule has 1 nitrogen and oxygen atoms in total. The highest BCUT2D eigenvalue weighted by atomic mass is 32.2. The Bertz CT molecular complexity index is 360. The van der Waals surface area contributed by atoms with E-state index in [2.05, 4.69) is 0 Å². The fourth-order valence-electron chi connectivity index (χ4n) is 1.04. The lowest BCUT2D eigenvalue weighted by Gasteiger charge is -2.18. The van der Waals surface area contributed by atoms with Crippen LogP contribution >= 0.6 is 11.8 Å². The molecule has 0 aromatic heterocycles. The zero-order valence-corrected chi connectivity index (χ0v) is 10.1. The fourth-order valence-corrected chi connectivity index (χ4v) is 1.98. The molecule has 0 unspecified atom stereocenters. The van der Waals surface area contributed by atoms with Crippen molar-refractivity contribution in [2.45, 2.75) is 31.0 Å². The lowest BCUT2D eigenvalue weighted by Crippen LogP contribution is -2.05. The molecule has 1 rings (SSSR count). The van der Waals surface area contributed by atoms with Crippen LogP contribution in [0.25, 0.3) is 0 Å². The van der Waals surface area contributed by atoms with Gasteiger partial charge in [0.2, 0.25) is 0 Å². The third-order valence-corrected chi connectivity index (χ3v) is 3.43. The van der Waals surface area contributed by atoms with Gasteiger partial charge in [0.05, 0.1) is 7.85 Å². The van der Waals surface area contributed by atoms with Crippen LogP contribution in [0.4, 0.5) is 10.1 Å². The zero-order chi connectivity index (χ0) is 11.6. The molecule has 2 radical (unpaired) electrons. The Hall–Kier alpha value is -0.635. The third kappa shape index (κ3) is 3.78. The van der Waals surface area contributed by atoms with E-state index in [1.54, 1.807) is 13.0 Å². The van der Waals surface area contributed by atoms with Gasteiger partial charge in [-0.1, -0.05) is 19.2 Å². The van der Waals surface area contributed by atoms with Crippen LogP contribution in [0.2, 0.25) is 5.31 Å². The Balaban J connectivity index is 2.82. The van der Waals surface area contributed by atoms with Crippen LogP contribution in [0.1, 0.15) is 19.4 Å². The van der Waals surface area contributed by atoms with Crippen LogP contribution in [0.15, 0.2) is 17.0 Å². The van der Waals surface area contributed by atoms with Crippen molar-refractivity contribution in [3.63, 3.8) is 0 Å². The maximum Gasteiger partial charge on any atom is 0.137 e. The van der Waals surface area contributed by atoms with Crippen LogP contribution < -0.4 is 5.73 Å². The topological polar surface area (TPSA) is 26.0 Å². The molecule has 0 atom stereocenters. The molecule has 0 saturated carbocycles. The van der Waals surface area contributed by atoms with Gasteiger partial charge < -0.3 is 5.73 Å². The van der Waals surface area contributed by atoms with Gasteiger partial charge in [-0.3, -0.25) is 0 Å². The smallest absolute Gasteiger partial charge is 0.137 e. The lowest BCUT2D eigenvalue weighted by atomic mass is 9.74. The molecule has 0 bridgehead atoms. The number of rotatable bonds is 3. The highest BCUT2D eigenvalue weighted by Crippen LogP contribution is 2.33. The summed E-state index contributed by atoms with van der Waals surface area (Å²) in [6, 6.07) is 3.13. The Labute approximate surface area is 96.0 Å². The summed E-state index contributed by atoms with van der Waals surface area (Å²) in [4.78, 5) is 0.566. The zero-order valence-electron chi connectivity index (χ0n) is 9.30. The van der Waals surface area contributed by atoms with E-state index in [1.165, 1.54) is 17.8 Å². The van der Waals surface area contributed by atoms with Crippen LogP contribution in [-0.4, -0.2) is 13.6 Å². The van der Waals surface area contributed by atoms with Gasteiger partial charge in [-0.15, -0.1) is 11.8 Å². The molecule has 0 aliphatic heterocycles. The largest absolute Gasteiger partial charge is 0.398 e. The number of hydrogen-bond acceptors (Lipinski definition) is 2. The van der Waals surface area contributed by atoms with E-state index in [9.17, 15) is 4.39 Å². The Morgan fingerprint density at radius 3 is 2.60 bits per heavy atom. The van der Waals surface area contributed by atoms with E-state index in [1.807, 2.05) is 13.8 Å². The number of nitrogens with two attached hydrogens (primary N) is 1. The number of nitrogen functional groups attached to an aromatic ring is 1. The number of hydrogen-bond donors (Lipinski definition) is 1. The molecule has 0 heterocycles. The molecule has 1 aromatic carbocycles. The summed E-state index contributed by atoms with van der Waals surface area (Å²) in [7, 11) is 5.83. The van der Waals surface area contributed by atoms with Gasteiger partial charge in [0.1, 0.15) is 5.82 Å². The van der Waals surface area contributed by atoms with Gasteiger partial charge >= 0.3 is 0 Å². The summed E-state index contributed by atoms with van der Waals surface area (Å²) in [5.74, 6) is 0.433. The molecule has 1 aromatic rings. The summed E-state index contributed by atoms with van der Waals surface area (Å²) in [5.41, 5.74) is 7.10. The average Bonchev–Trinajstić information content (AvgIpc) is 2.07. The van der Waals surface area contributed by atoms with Crippen molar-refractivity contribution in [2.24, 2.45) is 0 Å². The van der Waals surface area contributed by atoms with Crippen molar-refractivity contribution in [3.8, 4) is 0 Å². The first-order valence-electron chi connectivity index (χ1n) is 4.77. The van der Waals surface area contributed by atoms with E-state index < -0.39 is 0 Å². The standard InChI is InChI=1S/C11H15BFNS/c1-7-4-8(13)10(5-9(7)14)15-6-11(2,3)12/h4-5H,6,14H2,1-3H3. The van der Waals surface area contributed by atoms with Crippen LogP contribution in [-0.2, 0) is 0 Å². The summed E-state index contributed by atoms with van der Waals surface area (Å²) in [5, 5.41) is -0.309. The maximum atomic E-state index is 13.5. The Morgan fingerprint density at radius 1 is 1.47 bits per heavy atom. The molecule has 0 fully saturated rings. The molecule has 80 valence electrons. The van der Waals surface area contributed by atoms with Crippen LogP contribution in [0.5, 0.6) is 0 Å². The molecule has 2 N–H and O–H groups in total. The number of thioether (sulfide) groups is 1. The fraction of sp³-hybridized carbons (Fsp3) is 0.455. The molecule has 4 heteroatoms. The van der Waals surface area contributed by atoms with Gasteiger partial charge in [0, 0.05) is 10.6 Å². The van der Waals surface area contributed by atoms with Gasteiger partial charge in [-0.2, -0.15) is 0 Å². The minimum atomic E-state index is -0.309. The molecule has 0 saturated heterocycles. The highest BCUT2D eigenvalue weighted by Gasteiger charge is 2.13. The van der Waals surface area contributed by atoms with E-state index in [4.69, 9.17) is 13.6 Å². The molecular weight excluding hydrogens is 208 g/mol. The first-order chi connectivity index (χ1) is 6.79. The SMILES string of the molecule is [B]C(C)(C)CSc1cc(N)c(C)cc1F. The van der Waals surface area contributed by atoms with Gasteiger partial charge in [0.15, 0.2) is 0 Å². The Kier molecular flexibility index (Phi) is 3.71. The molecule has 0 aliphatic carbocycles. The van der Waals surface area contributed by atoms with Crippen molar-refractivity contribution in [1.29, 1.82) is 0 Å². The van der Waals surface area contributed by atoms with Crippen molar-refractivity contribution < 1.29 is 4.39 Å². The van der Waals surface area contributed by atoms with E-state index in [-0.39, 0.29) is 11.1 Å². The van der Waals surface area contributed by atoms with Crippen LogP contribution in [0.3, 0.4) is 0 Å². The van der Waals surface area contributed by atoms with E-state index >= 15 is 0 Å². The molecule has 0 amide bonds. The first kappa shape index (κ1) is 12.4. The second-order valence-corrected chi connectivity index (χ2v) is 5.43. The number of benzene rings is 1.